The van der Waals surface area contributed by atoms with Gasteiger partial charge in [0.05, 0.1) is 0 Å². The van der Waals surface area contributed by atoms with Gasteiger partial charge in [0, 0.05) is 11.8 Å². The molecule has 1 fully saturated rings. The Hall–Kier alpha value is -0.900. The van der Waals surface area contributed by atoms with E-state index in [9.17, 15) is 0 Å². The van der Waals surface area contributed by atoms with Crippen LogP contribution in [0.25, 0.3) is 0 Å². The molecule has 0 amide bonds. The number of nitrogens with two attached hydrogens (primary N) is 1. The molecule has 0 bridgehead atoms. The van der Waals surface area contributed by atoms with E-state index in [0.717, 1.165) is 18.1 Å². The molecule has 1 aliphatic carbocycles. The van der Waals surface area contributed by atoms with E-state index in [1.165, 1.54) is 25.7 Å². The van der Waals surface area contributed by atoms with Crippen LogP contribution in [0, 0.1) is 5.92 Å². The van der Waals surface area contributed by atoms with Crippen molar-refractivity contribution < 1.29 is 4.52 Å². The van der Waals surface area contributed by atoms with Gasteiger partial charge in [-0.05, 0) is 31.7 Å². The van der Waals surface area contributed by atoms with Crippen molar-refractivity contribution in [1.29, 1.82) is 0 Å². The molecule has 0 aliphatic heterocycles. The minimum absolute atomic E-state index is 0.147. The minimum atomic E-state index is 0.147. The summed E-state index contributed by atoms with van der Waals surface area (Å²) in [5.41, 5.74) is 5.66. The van der Waals surface area contributed by atoms with Crippen molar-refractivity contribution in [2.24, 2.45) is 11.7 Å². The summed E-state index contributed by atoms with van der Waals surface area (Å²) >= 11 is 0. The first-order valence-electron chi connectivity index (χ1n) is 6.69. The van der Waals surface area contributed by atoms with E-state index in [0.29, 0.717) is 18.9 Å². The van der Waals surface area contributed by atoms with Gasteiger partial charge in [0.1, 0.15) is 0 Å². The second kappa shape index (κ2) is 5.17. The first-order chi connectivity index (χ1) is 8.16. The highest BCUT2D eigenvalue weighted by molar-refractivity contribution is 5.08. The normalized spacial score (nSPS) is 19.1. The Morgan fingerprint density at radius 3 is 2.65 bits per heavy atom. The summed E-state index contributed by atoms with van der Waals surface area (Å²) in [6, 6.07) is 0. The van der Waals surface area contributed by atoms with Gasteiger partial charge < -0.3 is 10.3 Å². The van der Waals surface area contributed by atoms with Gasteiger partial charge in [-0.1, -0.05) is 31.8 Å². The molecule has 0 aromatic carbocycles. The monoisotopic (exact) mass is 237 g/mol. The van der Waals surface area contributed by atoms with Gasteiger partial charge in [-0.25, -0.2) is 0 Å². The Bertz CT molecular complexity index is 353. The van der Waals surface area contributed by atoms with E-state index < -0.39 is 0 Å². The minimum Gasteiger partial charge on any atom is -0.339 e. The maximum absolute atomic E-state index is 5.52. The molecule has 4 heteroatoms. The molecular weight excluding hydrogens is 214 g/mol. The highest BCUT2D eigenvalue weighted by Crippen LogP contribution is 2.44. The summed E-state index contributed by atoms with van der Waals surface area (Å²) in [7, 11) is 0. The lowest BCUT2D eigenvalue weighted by molar-refractivity contribution is 0.243. The van der Waals surface area contributed by atoms with E-state index in [4.69, 9.17) is 10.3 Å². The van der Waals surface area contributed by atoms with E-state index >= 15 is 0 Å². The fourth-order valence-corrected chi connectivity index (χ4v) is 3.04. The van der Waals surface area contributed by atoms with Crippen LogP contribution in [-0.4, -0.2) is 16.7 Å². The predicted molar refractivity (Wildman–Crippen MR) is 66.7 cm³/mol. The first-order valence-corrected chi connectivity index (χ1v) is 6.69. The molecular formula is C13H23N3O. The molecule has 17 heavy (non-hydrogen) atoms. The zero-order valence-electron chi connectivity index (χ0n) is 10.9. The van der Waals surface area contributed by atoms with Crippen molar-refractivity contribution in [3.63, 3.8) is 0 Å². The molecule has 2 rings (SSSR count). The molecule has 2 N–H and O–H groups in total. The smallest absolute Gasteiger partial charge is 0.232 e. The van der Waals surface area contributed by atoms with Gasteiger partial charge in [0.2, 0.25) is 5.89 Å². The lowest BCUT2D eigenvalue weighted by Crippen LogP contribution is -2.25. The van der Waals surface area contributed by atoms with Gasteiger partial charge in [-0.15, -0.1) is 0 Å². The van der Waals surface area contributed by atoms with Crippen LogP contribution in [0.4, 0.5) is 0 Å². The van der Waals surface area contributed by atoms with E-state index in [-0.39, 0.29) is 5.41 Å². The molecule has 1 heterocycles. The van der Waals surface area contributed by atoms with Crippen LogP contribution in [0.3, 0.4) is 0 Å². The third-order valence-corrected chi connectivity index (χ3v) is 3.65. The maximum atomic E-state index is 5.52. The van der Waals surface area contributed by atoms with Gasteiger partial charge >= 0.3 is 0 Å². The maximum Gasteiger partial charge on any atom is 0.232 e. The second-order valence-corrected chi connectivity index (χ2v) is 5.64. The van der Waals surface area contributed by atoms with Crippen LogP contribution in [0.5, 0.6) is 0 Å². The van der Waals surface area contributed by atoms with Gasteiger partial charge in [-0.2, -0.15) is 4.98 Å². The lowest BCUT2D eigenvalue weighted by atomic mass is 9.78. The van der Waals surface area contributed by atoms with Crippen LogP contribution in [0.1, 0.15) is 57.7 Å². The third kappa shape index (κ3) is 2.68. The van der Waals surface area contributed by atoms with Crippen LogP contribution >= 0.6 is 0 Å². The van der Waals surface area contributed by atoms with E-state index in [2.05, 4.69) is 24.0 Å². The topological polar surface area (TPSA) is 64.9 Å². The highest BCUT2D eigenvalue weighted by Gasteiger charge is 2.40. The average Bonchev–Trinajstić information content (AvgIpc) is 2.87. The lowest BCUT2D eigenvalue weighted by Gasteiger charge is -2.26. The van der Waals surface area contributed by atoms with Crippen LogP contribution in [0.15, 0.2) is 4.52 Å². The zero-order valence-corrected chi connectivity index (χ0v) is 10.9. The van der Waals surface area contributed by atoms with Crippen LogP contribution in [0.2, 0.25) is 0 Å². The highest BCUT2D eigenvalue weighted by atomic mass is 16.5. The SMILES string of the molecule is CC(C)CC1(c2nc(CCN)no2)CCCC1. The molecule has 0 saturated heterocycles. The van der Waals surface area contributed by atoms with Crippen LogP contribution in [-0.2, 0) is 11.8 Å². The number of hydrogen-bond donors (Lipinski definition) is 1. The number of nitrogens with zero attached hydrogens (tertiary/aromatic N) is 2. The molecule has 96 valence electrons. The van der Waals surface area contributed by atoms with Crippen molar-refractivity contribution >= 4 is 0 Å². The molecule has 1 aliphatic rings. The molecule has 0 spiro atoms. The predicted octanol–water partition coefficient (Wildman–Crippen LogP) is 2.43. The Morgan fingerprint density at radius 2 is 2.06 bits per heavy atom. The molecule has 1 saturated carbocycles. The quantitative estimate of drug-likeness (QED) is 0.854. The van der Waals surface area contributed by atoms with E-state index in [1.807, 2.05) is 0 Å². The zero-order chi connectivity index (χ0) is 12.3. The molecule has 1 aromatic rings. The number of hydrogen-bond acceptors (Lipinski definition) is 4. The largest absolute Gasteiger partial charge is 0.339 e. The Morgan fingerprint density at radius 1 is 1.35 bits per heavy atom. The van der Waals surface area contributed by atoms with Gasteiger partial charge in [0.15, 0.2) is 5.82 Å². The number of rotatable bonds is 5. The standard InChI is InChI=1S/C13H23N3O/c1-10(2)9-13(6-3-4-7-13)12-15-11(5-8-14)16-17-12/h10H,3-9,14H2,1-2H3. The molecule has 4 nitrogen and oxygen atoms in total. The summed E-state index contributed by atoms with van der Waals surface area (Å²) in [6.45, 7) is 5.10. The van der Waals surface area contributed by atoms with Gasteiger partial charge in [0.25, 0.3) is 0 Å². The Balaban J connectivity index is 2.19. The molecule has 0 radical (unpaired) electrons. The van der Waals surface area contributed by atoms with Crippen molar-refractivity contribution in [3.8, 4) is 0 Å². The number of aromatic nitrogens is 2. The second-order valence-electron chi connectivity index (χ2n) is 5.64. The summed E-state index contributed by atoms with van der Waals surface area (Å²) in [4.78, 5) is 4.55. The van der Waals surface area contributed by atoms with Gasteiger partial charge in [-0.3, -0.25) is 0 Å². The van der Waals surface area contributed by atoms with Crippen molar-refractivity contribution in [1.82, 2.24) is 10.1 Å². The first kappa shape index (κ1) is 12.6. The molecule has 0 unspecified atom stereocenters. The fraction of sp³-hybridized carbons (Fsp3) is 0.846. The summed E-state index contributed by atoms with van der Waals surface area (Å²) in [5, 5.41) is 4.04. The van der Waals surface area contributed by atoms with Crippen molar-refractivity contribution in [2.45, 2.75) is 57.8 Å². The third-order valence-electron chi connectivity index (χ3n) is 3.65. The summed E-state index contributed by atoms with van der Waals surface area (Å²) in [5.74, 6) is 2.28. The van der Waals surface area contributed by atoms with Crippen molar-refractivity contribution in [2.75, 3.05) is 6.54 Å². The van der Waals surface area contributed by atoms with Crippen molar-refractivity contribution in [3.05, 3.63) is 11.7 Å². The fourth-order valence-electron chi connectivity index (χ4n) is 3.04. The Kier molecular flexibility index (Phi) is 3.82. The molecule has 1 aromatic heterocycles. The Labute approximate surface area is 103 Å². The van der Waals surface area contributed by atoms with E-state index in [1.54, 1.807) is 0 Å². The van der Waals surface area contributed by atoms with Crippen LogP contribution < -0.4 is 5.73 Å². The summed E-state index contributed by atoms with van der Waals surface area (Å²) in [6.07, 6.45) is 6.80. The molecule has 0 atom stereocenters. The average molecular weight is 237 g/mol. The summed E-state index contributed by atoms with van der Waals surface area (Å²) < 4.78 is 5.49.